The number of alkyl halides is 1. The van der Waals surface area contributed by atoms with E-state index >= 15 is 0 Å². The number of benzene rings is 2. The Morgan fingerprint density at radius 3 is 2.38 bits per heavy atom. The molecule has 21 heavy (non-hydrogen) atoms. The molecule has 2 aromatic carbocycles. The van der Waals surface area contributed by atoms with E-state index < -0.39 is 10.1 Å². The van der Waals surface area contributed by atoms with Gasteiger partial charge in [0.25, 0.3) is 0 Å². The van der Waals surface area contributed by atoms with Crippen LogP contribution < -0.4 is 34.3 Å². The summed E-state index contributed by atoms with van der Waals surface area (Å²) in [6.07, 6.45) is 1.91. The zero-order valence-corrected chi connectivity index (χ0v) is 16.1. The van der Waals surface area contributed by atoms with Crippen molar-refractivity contribution >= 4 is 36.8 Å². The standard InChI is InChI=1S/C14H15BrO4S.Na/c15-9-1-2-10-19-13-7-3-6-12-11(13)5-4-8-14(12)20(16,17)18;/h3-8H,1-2,9-10H2,(H,16,17,18);/q;+1/p-1. The average Bonchev–Trinajstić information content (AvgIpc) is 2.42. The normalized spacial score (nSPS) is 11.1. The predicted molar refractivity (Wildman–Crippen MR) is 80.4 cm³/mol. The molecule has 0 aliphatic rings. The van der Waals surface area contributed by atoms with Crippen molar-refractivity contribution in [2.75, 3.05) is 11.9 Å². The number of hydrogen-bond donors (Lipinski definition) is 0. The van der Waals surface area contributed by atoms with Gasteiger partial charge in [-0.2, -0.15) is 0 Å². The van der Waals surface area contributed by atoms with Crippen LogP contribution in [0.5, 0.6) is 5.75 Å². The van der Waals surface area contributed by atoms with Crippen LogP contribution >= 0.6 is 15.9 Å². The Morgan fingerprint density at radius 1 is 1.05 bits per heavy atom. The molecule has 2 aromatic rings. The summed E-state index contributed by atoms with van der Waals surface area (Å²) in [6, 6.07) is 9.71. The summed E-state index contributed by atoms with van der Waals surface area (Å²) in [7, 11) is -4.49. The Labute approximate surface area is 155 Å². The monoisotopic (exact) mass is 380 g/mol. The minimum atomic E-state index is -4.49. The third-order valence-corrected chi connectivity index (χ3v) is 4.35. The van der Waals surface area contributed by atoms with Crippen molar-refractivity contribution in [1.29, 1.82) is 0 Å². The molecule has 0 spiro atoms. The summed E-state index contributed by atoms with van der Waals surface area (Å²) in [5.74, 6) is 0.600. The van der Waals surface area contributed by atoms with Gasteiger partial charge in [-0.25, -0.2) is 8.42 Å². The molecule has 0 aliphatic heterocycles. The van der Waals surface area contributed by atoms with Gasteiger partial charge in [-0.3, -0.25) is 0 Å². The predicted octanol–water partition coefficient (Wildman–Crippen LogP) is 0.302. The summed E-state index contributed by atoms with van der Waals surface area (Å²) in [4.78, 5) is -0.207. The zero-order chi connectivity index (χ0) is 14.6. The maximum atomic E-state index is 11.3. The Balaban J connectivity index is 0.00000220. The van der Waals surface area contributed by atoms with E-state index in [2.05, 4.69) is 15.9 Å². The van der Waals surface area contributed by atoms with Gasteiger partial charge in [0.05, 0.1) is 11.5 Å². The summed E-state index contributed by atoms with van der Waals surface area (Å²) in [5, 5.41) is 1.97. The van der Waals surface area contributed by atoms with Crippen LogP contribution in [0.3, 0.4) is 0 Å². The van der Waals surface area contributed by atoms with Crippen LogP contribution in [0.15, 0.2) is 41.3 Å². The van der Waals surface area contributed by atoms with E-state index in [1.165, 1.54) is 6.07 Å². The summed E-state index contributed by atoms with van der Waals surface area (Å²) >= 11 is 3.35. The molecular formula is C14H14BrNaO4S. The summed E-state index contributed by atoms with van der Waals surface area (Å²) in [5.41, 5.74) is 0. The van der Waals surface area contributed by atoms with Crippen molar-refractivity contribution in [2.45, 2.75) is 17.7 Å². The second-order valence-electron chi connectivity index (χ2n) is 4.31. The number of ether oxygens (including phenoxy) is 1. The molecule has 0 N–H and O–H groups in total. The molecule has 0 aliphatic carbocycles. The number of unbranched alkanes of at least 4 members (excludes halogenated alkanes) is 1. The van der Waals surface area contributed by atoms with E-state index in [-0.39, 0.29) is 34.5 Å². The van der Waals surface area contributed by atoms with Gasteiger partial charge >= 0.3 is 29.6 Å². The summed E-state index contributed by atoms with van der Waals surface area (Å²) < 4.78 is 39.4. The maximum absolute atomic E-state index is 11.3. The molecule has 0 aromatic heterocycles. The smallest absolute Gasteiger partial charge is 0.744 e. The maximum Gasteiger partial charge on any atom is 1.00 e. The van der Waals surface area contributed by atoms with Crippen molar-refractivity contribution in [3.05, 3.63) is 36.4 Å². The van der Waals surface area contributed by atoms with Crippen LogP contribution in [0.1, 0.15) is 12.8 Å². The molecule has 0 bridgehead atoms. The summed E-state index contributed by atoms with van der Waals surface area (Å²) in [6.45, 7) is 0.555. The molecular weight excluding hydrogens is 367 g/mol. The fraction of sp³-hybridized carbons (Fsp3) is 0.286. The zero-order valence-electron chi connectivity index (χ0n) is 11.7. The molecule has 0 saturated heterocycles. The Hall–Kier alpha value is -0.110. The molecule has 7 heteroatoms. The topological polar surface area (TPSA) is 66.4 Å². The van der Waals surface area contributed by atoms with Gasteiger partial charge in [0, 0.05) is 16.1 Å². The third-order valence-electron chi connectivity index (χ3n) is 2.90. The molecule has 0 fully saturated rings. The average molecular weight is 381 g/mol. The second-order valence-corrected chi connectivity index (χ2v) is 6.45. The van der Waals surface area contributed by atoms with Crippen molar-refractivity contribution in [3.63, 3.8) is 0 Å². The minimum Gasteiger partial charge on any atom is -0.744 e. The van der Waals surface area contributed by atoms with Gasteiger partial charge in [0.2, 0.25) is 0 Å². The molecule has 0 heterocycles. The Bertz CT molecular complexity index is 703. The van der Waals surface area contributed by atoms with Crippen LogP contribution in [0, 0.1) is 0 Å². The fourth-order valence-electron chi connectivity index (χ4n) is 1.97. The van der Waals surface area contributed by atoms with Crippen molar-refractivity contribution in [2.24, 2.45) is 0 Å². The largest absolute Gasteiger partial charge is 1.00 e. The molecule has 0 unspecified atom stereocenters. The molecule has 0 atom stereocenters. The van der Waals surface area contributed by atoms with Crippen LogP contribution in [0.2, 0.25) is 0 Å². The van der Waals surface area contributed by atoms with Gasteiger partial charge in [0.15, 0.2) is 0 Å². The first-order chi connectivity index (χ1) is 9.54. The van der Waals surface area contributed by atoms with E-state index in [9.17, 15) is 13.0 Å². The van der Waals surface area contributed by atoms with E-state index in [1.807, 2.05) is 0 Å². The Morgan fingerprint density at radius 2 is 1.71 bits per heavy atom. The van der Waals surface area contributed by atoms with E-state index in [1.54, 1.807) is 30.3 Å². The van der Waals surface area contributed by atoms with Crippen molar-refractivity contribution in [1.82, 2.24) is 0 Å². The van der Waals surface area contributed by atoms with Crippen LogP contribution in [-0.4, -0.2) is 24.9 Å². The van der Waals surface area contributed by atoms with Crippen LogP contribution in [0.4, 0.5) is 0 Å². The van der Waals surface area contributed by atoms with E-state index in [4.69, 9.17) is 4.74 Å². The molecule has 2 rings (SSSR count). The minimum absolute atomic E-state index is 0. The molecule has 0 amide bonds. The second kappa shape index (κ2) is 8.50. The Kier molecular flexibility index (Phi) is 7.67. The third kappa shape index (κ3) is 4.94. The van der Waals surface area contributed by atoms with Gasteiger partial charge < -0.3 is 9.29 Å². The first kappa shape index (κ1) is 18.9. The van der Waals surface area contributed by atoms with E-state index in [0.29, 0.717) is 23.1 Å². The number of hydrogen-bond acceptors (Lipinski definition) is 4. The number of fused-ring (bicyclic) bond motifs is 1. The van der Waals surface area contributed by atoms with Gasteiger partial charge in [-0.05, 0) is 25.0 Å². The first-order valence-corrected chi connectivity index (χ1v) is 8.73. The van der Waals surface area contributed by atoms with Crippen LogP contribution in [-0.2, 0) is 10.1 Å². The molecule has 0 saturated carbocycles. The van der Waals surface area contributed by atoms with Gasteiger partial charge in [0.1, 0.15) is 15.9 Å². The number of rotatable bonds is 6. The molecule has 0 radical (unpaired) electrons. The van der Waals surface area contributed by atoms with Gasteiger partial charge in [-0.15, -0.1) is 0 Å². The van der Waals surface area contributed by atoms with Gasteiger partial charge in [-0.1, -0.05) is 40.2 Å². The van der Waals surface area contributed by atoms with Crippen molar-refractivity contribution < 1.29 is 47.3 Å². The van der Waals surface area contributed by atoms with Crippen LogP contribution in [0.25, 0.3) is 10.8 Å². The quantitative estimate of drug-likeness (QED) is 0.313. The first-order valence-electron chi connectivity index (χ1n) is 6.20. The van der Waals surface area contributed by atoms with Crippen molar-refractivity contribution in [3.8, 4) is 5.75 Å². The molecule has 4 nitrogen and oxygen atoms in total. The SMILES string of the molecule is O=S(=O)([O-])c1cccc2c(OCCCCBr)cccc12.[Na+]. The van der Waals surface area contributed by atoms with E-state index in [0.717, 1.165) is 18.2 Å². The molecule has 108 valence electrons. The number of halogens is 1. The fourth-order valence-corrected chi connectivity index (χ4v) is 3.06.